The summed E-state index contributed by atoms with van der Waals surface area (Å²) in [7, 11) is 3.10. The van der Waals surface area contributed by atoms with Gasteiger partial charge in [-0.1, -0.05) is 41.9 Å². The normalized spacial score (nSPS) is 10.8. The van der Waals surface area contributed by atoms with Gasteiger partial charge in [-0.3, -0.25) is 4.79 Å². The van der Waals surface area contributed by atoms with Crippen LogP contribution in [0.4, 0.5) is 5.69 Å². The van der Waals surface area contributed by atoms with Gasteiger partial charge in [0.15, 0.2) is 0 Å². The van der Waals surface area contributed by atoms with Crippen molar-refractivity contribution in [3.05, 3.63) is 83.0 Å². The molecule has 0 radical (unpaired) electrons. The minimum atomic E-state index is -0.265. The van der Waals surface area contributed by atoms with Crippen molar-refractivity contribution < 1.29 is 14.3 Å². The predicted molar refractivity (Wildman–Crippen MR) is 133 cm³/mol. The fourth-order valence-corrected chi connectivity index (χ4v) is 4.19. The highest BCUT2D eigenvalue weighted by Crippen LogP contribution is 2.41. The van der Waals surface area contributed by atoms with Crippen molar-refractivity contribution in [1.29, 1.82) is 0 Å². The molecule has 0 saturated heterocycles. The van der Waals surface area contributed by atoms with Crippen LogP contribution in [0.2, 0.25) is 10.0 Å². The number of hydrogen-bond donors (Lipinski definition) is 1. The summed E-state index contributed by atoms with van der Waals surface area (Å²) in [6, 6.07) is 15.0. The van der Waals surface area contributed by atoms with Gasteiger partial charge in [-0.05, 0) is 36.4 Å². The number of fused-ring (bicyclic) bond motifs is 1. The van der Waals surface area contributed by atoms with Crippen LogP contribution in [0.3, 0.4) is 0 Å². The number of hydrogen-bond acceptors (Lipinski definition) is 4. The second-order valence-electron chi connectivity index (χ2n) is 7.21. The van der Waals surface area contributed by atoms with Gasteiger partial charge in [0.1, 0.15) is 11.5 Å². The van der Waals surface area contributed by atoms with Gasteiger partial charge in [0.05, 0.1) is 47.5 Å². The van der Waals surface area contributed by atoms with E-state index in [-0.39, 0.29) is 5.91 Å². The lowest BCUT2D eigenvalue weighted by Crippen LogP contribution is -2.07. The molecule has 0 atom stereocenters. The Kier molecular flexibility index (Phi) is 6.58. The SMILES string of the molecule is C=CC(=O)Nc1cccc(-c2ccc3c(ccn3Cc3c(Cl)c(OC)cc(OC)c3Cl)n2)c1. The first-order valence-corrected chi connectivity index (χ1v) is 10.8. The maximum atomic E-state index is 11.6. The van der Waals surface area contributed by atoms with Crippen LogP contribution in [0.15, 0.2) is 67.4 Å². The van der Waals surface area contributed by atoms with Crippen LogP contribution >= 0.6 is 23.2 Å². The molecule has 4 aromatic rings. The van der Waals surface area contributed by atoms with Crippen LogP contribution < -0.4 is 14.8 Å². The summed E-state index contributed by atoms with van der Waals surface area (Å²) in [5.41, 5.74) is 4.78. The predicted octanol–water partition coefficient (Wildman–Crippen LogP) is 6.20. The summed E-state index contributed by atoms with van der Waals surface area (Å²) in [6.45, 7) is 3.89. The van der Waals surface area contributed by atoms with Crippen molar-refractivity contribution in [2.45, 2.75) is 6.54 Å². The van der Waals surface area contributed by atoms with Crippen LogP contribution in [0.5, 0.6) is 11.5 Å². The van der Waals surface area contributed by atoms with E-state index in [0.29, 0.717) is 39.3 Å². The maximum Gasteiger partial charge on any atom is 0.247 e. The average molecular weight is 482 g/mol. The molecule has 4 rings (SSSR count). The lowest BCUT2D eigenvalue weighted by molar-refractivity contribution is -0.111. The lowest BCUT2D eigenvalue weighted by Gasteiger charge is -2.15. The number of carbonyl (C=O) groups is 1. The van der Waals surface area contributed by atoms with E-state index >= 15 is 0 Å². The van der Waals surface area contributed by atoms with Crippen molar-refractivity contribution in [2.24, 2.45) is 0 Å². The molecule has 2 aromatic heterocycles. The Morgan fingerprint density at radius 1 is 1.09 bits per heavy atom. The molecular formula is C25H21Cl2N3O3. The smallest absolute Gasteiger partial charge is 0.247 e. The van der Waals surface area contributed by atoms with Gasteiger partial charge in [0.2, 0.25) is 5.91 Å². The number of halogens is 2. The highest BCUT2D eigenvalue weighted by atomic mass is 35.5. The summed E-state index contributed by atoms with van der Waals surface area (Å²) < 4.78 is 12.8. The summed E-state index contributed by atoms with van der Waals surface area (Å²) in [6.07, 6.45) is 3.16. The molecule has 0 bridgehead atoms. The fraction of sp³-hybridized carbons (Fsp3) is 0.120. The molecule has 1 amide bonds. The highest BCUT2D eigenvalue weighted by molar-refractivity contribution is 6.37. The van der Waals surface area contributed by atoms with Crippen LogP contribution in [0, 0.1) is 0 Å². The van der Waals surface area contributed by atoms with Gasteiger partial charge in [-0.25, -0.2) is 4.98 Å². The molecule has 0 aliphatic rings. The zero-order valence-electron chi connectivity index (χ0n) is 18.1. The average Bonchev–Trinajstić information content (AvgIpc) is 3.24. The Bertz CT molecular complexity index is 1340. The molecule has 0 saturated carbocycles. The summed E-state index contributed by atoms with van der Waals surface area (Å²) in [5, 5.41) is 3.64. The third-order valence-electron chi connectivity index (χ3n) is 5.23. The molecule has 6 nitrogen and oxygen atoms in total. The molecule has 2 aromatic carbocycles. The first-order valence-electron chi connectivity index (χ1n) is 10.0. The molecule has 0 spiro atoms. The van der Waals surface area contributed by atoms with Gasteiger partial charge >= 0.3 is 0 Å². The van der Waals surface area contributed by atoms with Crippen LogP contribution in [-0.4, -0.2) is 29.7 Å². The van der Waals surface area contributed by atoms with Crippen LogP contribution in [0.1, 0.15) is 5.56 Å². The molecule has 1 N–H and O–H groups in total. The van der Waals surface area contributed by atoms with Crippen molar-refractivity contribution in [3.63, 3.8) is 0 Å². The molecule has 0 unspecified atom stereocenters. The largest absolute Gasteiger partial charge is 0.495 e. The number of amides is 1. The number of anilines is 1. The zero-order valence-corrected chi connectivity index (χ0v) is 19.6. The van der Waals surface area contributed by atoms with Gasteiger partial charge in [0.25, 0.3) is 0 Å². The number of methoxy groups -OCH3 is 2. The Hall–Kier alpha value is -3.48. The highest BCUT2D eigenvalue weighted by Gasteiger charge is 2.18. The molecule has 8 heteroatoms. The number of nitrogens with one attached hydrogen (secondary N) is 1. The van der Waals surface area contributed by atoms with Crippen molar-refractivity contribution >= 4 is 45.8 Å². The molecular weight excluding hydrogens is 461 g/mol. The number of nitrogens with zero attached hydrogens (tertiary/aromatic N) is 2. The first kappa shape index (κ1) is 22.7. The van der Waals surface area contributed by atoms with Gasteiger partial charge in [-0.2, -0.15) is 0 Å². The van der Waals surface area contributed by atoms with Crippen molar-refractivity contribution in [1.82, 2.24) is 9.55 Å². The Morgan fingerprint density at radius 2 is 1.82 bits per heavy atom. The maximum absolute atomic E-state index is 11.6. The Labute approximate surface area is 201 Å². The number of aromatic nitrogens is 2. The molecule has 0 aliphatic heterocycles. The van der Waals surface area contributed by atoms with Crippen molar-refractivity contribution in [2.75, 3.05) is 19.5 Å². The number of carbonyl (C=O) groups excluding carboxylic acids is 1. The van der Waals surface area contributed by atoms with Gasteiger partial charge in [0, 0.05) is 29.1 Å². The van der Waals surface area contributed by atoms with Gasteiger partial charge in [-0.15, -0.1) is 0 Å². The second-order valence-corrected chi connectivity index (χ2v) is 7.96. The fourth-order valence-electron chi connectivity index (χ4n) is 3.57. The number of pyridine rings is 1. The molecule has 33 heavy (non-hydrogen) atoms. The third kappa shape index (κ3) is 4.53. The van der Waals surface area contributed by atoms with E-state index in [0.717, 1.165) is 22.3 Å². The quantitative estimate of drug-likeness (QED) is 0.319. The monoisotopic (exact) mass is 481 g/mol. The van der Waals surface area contributed by atoms with Crippen LogP contribution in [0.25, 0.3) is 22.3 Å². The Morgan fingerprint density at radius 3 is 2.48 bits per heavy atom. The molecule has 0 fully saturated rings. The summed E-state index contributed by atoms with van der Waals surface area (Å²) in [5.74, 6) is 0.723. The third-order valence-corrected chi connectivity index (χ3v) is 6.06. The van der Waals surface area contributed by atoms with E-state index in [1.165, 1.54) is 6.08 Å². The molecule has 0 aliphatic carbocycles. The molecule has 2 heterocycles. The summed E-state index contributed by atoms with van der Waals surface area (Å²) >= 11 is 13.1. The molecule has 168 valence electrons. The minimum Gasteiger partial charge on any atom is -0.495 e. The van der Waals surface area contributed by atoms with Gasteiger partial charge < -0.3 is 19.4 Å². The number of ether oxygens (including phenoxy) is 2. The number of rotatable bonds is 7. The minimum absolute atomic E-state index is 0.265. The van der Waals surface area contributed by atoms with E-state index in [9.17, 15) is 4.79 Å². The van der Waals surface area contributed by atoms with E-state index < -0.39 is 0 Å². The second kappa shape index (κ2) is 9.57. The van der Waals surface area contributed by atoms with E-state index in [2.05, 4.69) is 11.9 Å². The zero-order chi connectivity index (χ0) is 23.5. The van der Waals surface area contributed by atoms with E-state index in [1.807, 2.05) is 53.2 Å². The first-order chi connectivity index (χ1) is 15.9. The Balaban J connectivity index is 1.69. The number of benzene rings is 2. The topological polar surface area (TPSA) is 65.4 Å². The lowest BCUT2D eigenvalue weighted by atomic mass is 10.1. The van der Waals surface area contributed by atoms with E-state index in [4.69, 9.17) is 37.7 Å². The van der Waals surface area contributed by atoms with Crippen LogP contribution in [-0.2, 0) is 11.3 Å². The summed E-state index contributed by atoms with van der Waals surface area (Å²) in [4.78, 5) is 16.4. The van der Waals surface area contributed by atoms with E-state index in [1.54, 1.807) is 20.3 Å². The standard InChI is InChI=1S/C25H21Cl2N3O3/c1-4-23(31)28-16-7-5-6-15(12-16)18-8-9-20-19(29-18)10-11-30(20)14-17-24(26)21(32-2)13-22(33-3)25(17)27/h4-13H,1,14H2,2-3H3,(H,28,31). The van der Waals surface area contributed by atoms with Crippen molar-refractivity contribution in [3.8, 4) is 22.8 Å².